The molecule has 0 bridgehead atoms. The van der Waals surface area contributed by atoms with E-state index in [4.69, 9.17) is 23.2 Å². The lowest BCUT2D eigenvalue weighted by atomic mass is 10.0. The first kappa shape index (κ1) is 17.7. The molecule has 1 heterocycles. The van der Waals surface area contributed by atoms with Gasteiger partial charge in [0.2, 0.25) is 0 Å². The number of benzene rings is 2. The molecule has 2 aromatic carbocycles. The number of hydrogen-bond donors (Lipinski definition) is 1. The number of aromatic nitrogens is 1. The standard InChI is InChI=1S/C19H13Cl2N3O3/c20-10-4-7-16-13(8-10)18(12-2-1-3-15(12)23-16)19(25)22-11-5-6-14(21)17(9-11)24(26)27/h4-9H,1-3H2,(H,22,25). The molecule has 3 aromatic rings. The van der Waals surface area contributed by atoms with Crippen LogP contribution in [0.1, 0.15) is 28.0 Å². The third kappa shape index (κ3) is 3.22. The molecule has 0 fully saturated rings. The maximum atomic E-state index is 13.1. The minimum Gasteiger partial charge on any atom is -0.322 e. The Morgan fingerprint density at radius 1 is 1.15 bits per heavy atom. The van der Waals surface area contributed by atoms with Gasteiger partial charge in [-0.15, -0.1) is 0 Å². The van der Waals surface area contributed by atoms with Gasteiger partial charge < -0.3 is 5.32 Å². The van der Waals surface area contributed by atoms with Crippen LogP contribution in [-0.2, 0) is 12.8 Å². The lowest BCUT2D eigenvalue weighted by Gasteiger charge is -2.13. The lowest BCUT2D eigenvalue weighted by molar-refractivity contribution is -0.384. The summed E-state index contributed by atoms with van der Waals surface area (Å²) in [4.78, 5) is 28.2. The number of pyridine rings is 1. The van der Waals surface area contributed by atoms with Gasteiger partial charge in [0.05, 0.1) is 16.0 Å². The van der Waals surface area contributed by atoms with Gasteiger partial charge in [-0.05, 0) is 55.2 Å². The zero-order valence-corrected chi connectivity index (χ0v) is 15.5. The highest BCUT2D eigenvalue weighted by Gasteiger charge is 2.24. The van der Waals surface area contributed by atoms with E-state index < -0.39 is 4.92 Å². The van der Waals surface area contributed by atoms with E-state index in [1.807, 2.05) is 0 Å². The Bertz CT molecular complexity index is 1120. The molecule has 1 aliphatic carbocycles. The highest BCUT2D eigenvalue weighted by atomic mass is 35.5. The molecule has 27 heavy (non-hydrogen) atoms. The zero-order valence-electron chi connectivity index (χ0n) is 14.0. The van der Waals surface area contributed by atoms with Gasteiger partial charge in [0, 0.05) is 27.9 Å². The van der Waals surface area contributed by atoms with Crippen LogP contribution >= 0.6 is 23.2 Å². The van der Waals surface area contributed by atoms with Crippen LogP contribution in [-0.4, -0.2) is 15.8 Å². The summed E-state index contributed by atoms with van der Waals surface area (Å²) in [6, 6.07) is 9.42. The van der Waals surface area contributed by atoms with E-state index in [1.165, 1.54) is 18.2 Å². The van der Waals surface area contributed by atoms with Crippen molar-refractivity contribution >= 4 is 51.4 Å². The molecule has 0 spiro atoms. The molecule has 0 radical (unpaired) electrons. The van der Waals surface area contributed by atoms with Crippen LogP contribution in [0.25, 0.3) is 10.9 Å². The highest BCUT2D eigenvalue weighted by molar-refractivity contribution is 6.33. The second kappa shape index (κ2) is 6.79. The fourth-order valence-electron chi connectivity index (χ4n) is 3.42. The number of nitro groups is 1. The predicted molar refractivity (Wildman–Crippen MR) is 105 cm³/mol. The van der Waals surface area contributed by atoms with Gasteiger partial charge in [0.25, 0.3) is 11.6 Å². The Morgan fingerprint density at radius 3 is 2.74 bits per heavy atom. The maximum Gasteiger partial charge on any atom is 0.289 e. The summed E-state index contributed by atoms with van der Waals surface area (Å²) in [6.45, 7) is 0. The summed E-state index contributed by atoms with van der Waals surface area (Å²) < 4.78 is 0. The van der Waals surface area contributed by atoms with Crippen molar-refractivity contribution in [3.05, 3.63) is 73.4 Å². The van der Waals surface area contributed by atoms with Gasteiger partial charge >= 0.3 is 0 Å². The number of nitrogens with one attached hydrogen (secondary N) is 1. The van der Waals surface area contributed by atoms with Crippen molar-refractivity contribution in [2.45, 2.75) is 19.3 Å². The van der Waals surface area contributed by atoms with Gasteiger partial charge in [-0.2, -0.15) is 0 Å². The molecule has 0 unspecified atom stereocenters. The summed E-state index contributed by atoms with van der Waals surface area (Å²) in [5.41, 5.74) is 3.08. The van der Waals surface area contributed by atoms with Crippen LogP contribution in [0, 0.1) is 10.1 Å². The maximum absolute atomic E-state index is 13.1. The minimum atomic E-state index is -0.586. The number of carbonyl (C=O) groups excluding carboxylic acids is 1. The van der Waals surface area contributed by atoms with Crippen LogP contribution in [0.15, 0.2) is 36.4 Å². The first-order chi connectivity index (χ1) is 12.9. The Balaban J connectivity index is 1.80. The number of amides is 1. The second-order valence-corrected chi connectivity index (χ2v) is 7.15. The smallest absolute Gasteiger partial charge is 0.289 e. The van der Waals surface area contributed by atoms with Crippen molar-refractivity contribution in [3.63, 3.8) is 0 Å². The molecular weight excluding hydrogens is 389 g/mol. The largest absolute Gasteiger partial charge is 0.322 e. The third-order valence-corrected chi connectivity index (χ3v) is 5.16. The number of halogens is 2. The molecule has 8 heteroatoms. The van der Waals surface area contributed by atoms with E-state index in [9.17, 15) is 14.9 Å². The third-order valence-electron chi connectivity index (χ3n) is 4.60. The number of nitro benzene ring substituents is 1. The average molecular weight is 402 g/mol. The summed E-state index contributed by atoms with van der Waals surface area (Å²) in [7, 11) is 0. The average Bonchev–Trinajstić information content (AvgIpc) is 3.08. The Labute approximate surface area is 164 Å². The molecule has 1 N–H and O–H groups in total. The van der Waals surface area contributed by atoms with E-state index in [0.29, 0.717) is 27.2 Å². The van der Waals surface area contributed by atoms with Crippen LogP contribution in [0.4, 0.5) is 11.4 Å². The minimum absolute atomic E-state index is 0.0139. The Hall–Kier alpha value is -2.70. The van der Waals surface area contributed by atoms with Crippen molar-refractivity contribution in [3.8, 4) is 0 Å². The van der Waals surface area contributed by atoms with Crippen molar-refractivity contribution in [2.75, 3.05) is 5.32 Å². The summed E-state index contributed by atoms with van der Waals surface area (Å²) in [5.74, 6) is -0.348. The van der Waals surface area contributed by atoms with Crippen molar-refractivity contribution in [2.24, 2.45) is 0 Å². The van der Waals surface area contributed by atoms with E-state index >= 15 is 0 Å². The first-order valence-electron chi connectivity index (χ1n) is 8.30. The van der Waals surface area contributed by atoms with Gasteiger partial charge in [-0.3, -0.25) is 19.9 Å². The summed E-state index contributed by atoms with van der Waals surface area (Å²) in [6.07, 6.45) is 2.51. The van der Waals surface area contributed by atoms with E-state index in [1.54, 1.807) is 18.2 Å². The molecular formula is C19H13Cl2N3O3. The fraction of sp³-hybridized carbons (Fsp3) is 0.158. The van der Waals surface area contributed by atoms with Crippen LogP contribution in [0.5, 0.6) is 0 Å². The molecule has 6 nitrogen and oxygen atoms in total. The normalized spacial score (nSPS) is 12.8. The molecule has 1 amide bonds. The number of anilines is 1. The summed E-state index contributed by atoms with van der Waals surface area (Å²) in [5, 5.41) is 15.0. The van der Waals surface area contributed by atoms with Crippen molar-refractivity contribution in [1.29, 1.82) is 0 Å². The molecule has 1 aliphatic rings. The molecule has 0 aliphatic heterocycles. The monoisotopic (exact) mass is 401 g/mol. The van der Waals surface area contributed by atoms with Crippen molar-refractivity contribution < 1.29 is 9.72 Å². The Kier molecular flexibility index (Phi) is 4.45. The topological polar surface area (TPSA) is 85.1 Å². The number of carbonyl (C=O) groups is 1. The number of hydrogen-bond acceptors (Lipinski definition) is 4. The van der Waals surface area contributed by atoms with Gasteiger partial charge in [0.1, 0.15) is 5.02 Å². The molecule has 0 saturated carbocycles. The summed E-state index contributed by atoms with van der Waals surface area (Å²) >= 11 is 12.0. The highest BCUT2D eigenvalue weighted by Crippen LogP contribution is 2.33. The number of fused-ring (bicyclic) bond motifs is 2. The SMILES string of the molecule is O=C(Nc1ccc(Cl)c([N+](=O)[O-])c1)c1c2c(nc3ccc(Cl)cc13)CCC2. The van der Waals surface area contributed by atoms with Crippen molar-refractivity contribution in [1.82, 2.24) is 4.98 Å². The molecule has 4 rings (SSSR count). The quantitative estimate of drug-likeness (QED) is 0.483. The first-order valence-corrected chi connectivity index (χ1v) is 9.06. The zero-order chi connectivity index (χ0) is 19.1. The Morgan fingerprint density at radius 2 is 1.96 bits per heavy atom. The van der Waals surface area contributed by atoms with Gasteiger partial charge in [0.15, 0.2) is 0 Å². The second-order valence-electron chi connectivity index (χ2n) is 6.30. The molecule has 0 saturated heterocycles. The molecule has 136 valence electrons. The van der Waals surface area contributed by atoms with Crippen LogP contribution in [0.2, 0.25) is 10.0 Å². The van der Waals surface area contributed by atoms with Gasteiger partial charge in [-0.1, -0.05) is 23.2 Å². The number of aryl methyl sites for hydroxylation is 1. The van der Waals surface area contributed by atoms with Crippen LogP contribution < -0.4 is 5.32 Å². The number of nitrogens with zero attached hydrogens (tertiary/aromatic N) is 2. The molecule has 1 aromatic heterocycles. The van der Waals surface area contributed by atoms with E-state index in [-0.39, 0.29) is 16.6 Å². The molecule has 0 atom stereocenters. The lowest BCUT2D eigenvalue weighted by Crippen LogP contribution is -2.16. The fourth-order valence-corrected chi connectivity index (χ4v) is 3.78. The van der Waals surface area contributed by atoms with Gasteiger partial charge in [-0.25, -0.2) is 0 Å². The van der Waals surface area contributed by atoms with E-state index in [2.05, 4.69) is 10.3 Å². The number of rotatable bonds is 3. The van der Waals surface area contributed by atoms with E-state index in [0.717, 1.165) is 30.5 Å². The van der Waals surface area contributed by atoms with Crippen LogP contribution in [0.3, 0.4) is 0 Å². The predicted octanol–water partition coefficient (Wildman–Crippen LogP) is 5.19.